The fourth-order valence-corrected chi connectivity index (χ4v) is 3.59. The molecule has 6 heteroatoms. The van der Waals surface area contributed by atoms with Gasteiger partial charge in [-0.25, -0.2) is 4.39 Å². The number of nitrogens with one attached hydrogen (secondary N) is 2. The van der Waals surface area contributed by atoms with E-state index in [-0.39, 0.29) is 23.8 Å². The average Bonchev–Trinajstić information content (AvgIpc) is 2.75. The molecule has 0 spiro atoms. The van der Waals surface area contributed by atoms with Crippen LogP contribution in [0.15, 0.2) is 72.8 Å². The van der Waals surface area contributed by atoms with E-state index in [9.17, 15) is 9.50 Å². The highest BCUT2D eigenvalue weighted by Crippen LogP contribution is 2.35. The third kappa shape index (κ3) is 4.21. The monoisotopic (exact) mass is 410 g/mol. The van der Waals surface area contributed by atoms with Crippen LogP contribution in [0.4, 0.5) is 4.39 Å². The maximum Gasteiger partial charge on any atom is 0.123 e. The van der Waals surface area contributed by atoms with Crippen LogP contribution in [-0.2, 0) is 0 Å². The maximum atomic E-state index is 13.8. The van der Waals surface area contributed by atoms with E-state index in [2.05, 4.69) is 10.6 Å². The number of phenolic OH excluding ortho intramolecular Hbond substituents is 1. The molecule has 29 heavy (non-hydrogen) atoms. The minimum Gasteiger partial charge on any atom is -0.508 e. The Morgan fingerprint density at radius 2 is 1.83 bits per heavy atom. The van der Waals surface area contributed by atoms with Gasteiger partial charge in [-0.2, -0.15) is 0 Å². The first kappa shape index (κ1) is 19.3. The molecule has 0 amide bonds. The summed E-state index contributed by atoms with van der Waals surface area (Å²) in [4.78, 5) is 0. The molecule has 148 valence electrons. The van der Waals surface area contributed by atoms with Gasteiger partial charge in [0.1, 0.15) is 23.5 Å². The van der Waals surface area contributed by atoms with Crippen LogP contribution in [0.2, 0.25) is 5.02 Å². The summed E-state index contributed by atoms with van der Waals surface area (Å²) >= 11 is 6.16. The average molecular weight is 411 g/mol. The van der Waals surface area contributed by atoms with Gasteiger partial charge in [-0.05, 0) is 71.8 Å². The number of benzene rings is 3. The highest BCUT2D eigenvalue weighted by atomic mass is 35.5. The van der Waals surface area contributed by atoms with Gasteiger partial charge in [-0.1, -0.05) is 23.7 Å². The van der Waals surface area contributed by atoms with Gasteiger partial charge in [0.25, 0.3) is 0 Å². The van der Waals surface area contributed by atoms with E-state index in [1.165, 1.54) is 12.1 Å². The molecule has 2 atom stereocenters. The van der Waals surface area contributed by atoms with Crippen molar-refractivity contribution in [1.29, 1.82) is 0 Å². The summed E-state index contributed by atoms with van der Waals surface area (Å²) in [6.45, 7) is 0. The lowest BCUT2D eigenvalue weighted by Crippen LogP contribution is -2.39. The summed E-state index contributed by atoms with van der Waals surface area (Å²) in [5.74, 6) is 0.583. The third-order valence-corrected chi connectivity index (χ3v) is 5.12. The lowest BCUT2D eigenvalue weighted by molar-refractivity contribution is 0.414. The van der Waals surface area contributed by atoms with Crippen LogP contribution in [0.3, 0.4) is 0 Å². The molecule has 0 radical (unpaired) electrons. The second-order valence-electron chi connectivity index (χ2n) is 6.79. The molecular weight excluding hydrogens is 391 g/mol. The fourth-order valence-electron chi connectivity index (χ4n) is 3.41. The van der Waals surface area contributed by atoms with Gasteiger partial charge in [-0.3, -0.25) is 5.32 Å². The van der Waals surface area contributed by atoms with Crippen LogP contribution < -0.4 is 15.4 Å². The van der Waals surface area contributed by atoms with E-state index in [0.717, 1.165) is 22.6 Å². The van der Waals surface area contributed by atoms with Crippen molar-refractivity contribution in [2.75, 3.05) is 7.11 Å². The summed E-state index contributed by atoms with van der Waals surface area (Å²) in [6.07, 6.45) is 1.61. The smallest absolute Gasteiger partial charge is 0.123 e. The van der Waals surface area contributed by atoms with Crippen molar-refractivity contribution >= 4 is 17.3 Å². The van der Waals surface area contributed by atoms with Crippen LogP contribution in [-0.4, -0.2) is 12.2 Å². The Bertz CT molecular complexity index is 1050. The van der Waals surface area contributed by atoms with Crippen LogP contribution in [0.5, 0.6) is 11.5 Å². The number of hydrogen-bond donors (Lipinski definition) is 3. The second kappa shape index (κ2) is 8.15. The molecule has 0 saturated carbocycles. The standard InChI is InChI=1S/C23H20ClFN2O2/c1-29-18-8-5-14(6-9-18)20-13-21(19-12-16(24)7-10-22(19)28)27-23(26-20)15-3-2-4-17(25)11-15/h2-13,21,23,26-28H,1H3. The molecule has 1 aliphatic heterocycles. The maximum absolute atomic E-state index is 13.8. The van der Waals surface area contributed by atoms with Gasteiger partial charge in [0.15, 0.2) is 0 Å². The van der Waals surface area contributed by atoms with Crippen LogP contribution in [0.25, 0.3) is 5.70 Å². The van der Waals surface area contributed by atoms with Crippen molar-refractivity contribution in [2.24, 2.45) is 0 Å². The molecule has 0 saturated heterocycles. The van der Waals surface area contributed by atoms with Gasteiger partial charge in [0.2, 0.25) is 0 Å². The van der Waals surface area contributed by atoms with E-state index in [1.54, 1.807) is 31.4 Å². The number of aromatic hydroxyl groups is 1. The van der Waals surface area contributed by atoms with E-state index in [0.29, 0.717) is 10.6 Å². The quantitative estimate of drug-likeness (QED) is 0.555. The lowest BCUT2D eigenvalue weighted by Gasteiger charge is -2.33. The molecule has 4 nitrogen and oxygen atoms in total. The van der Waals surface area contributed by atoms with Crippen LogP contribution in [0.1, 0.15) is 28.9 Å². The molecule has 0 fully saturated rings. The molecule has 1 heterocycles. The van der Waals surface area contributed by atoms with Crippen molar-refractivity contribution in [1.82, 2.24) is 10.6 Å². The minimum absolute atomic E-state index is 0.136. The summed E-state index contributed by atoms with van der Waals surface area (Å²) in [5.41, 5.74) is 3.19. The third-order valence-electron chi connectivity index (χ3n) is 4.89. The van der Waals surface area contributed by atoms with Gasteiger partial charge < -0.3 is 15.2 Å². The first-order chi connectivity index (χ1) is 14.0. The Labute approximate surface area is 173 Å². The molecule has 0 aromatic heterocycles. The van der Waals surface area contributed by atoms with E-state index < -0.39 is 0 Å². The molecule has 0 aliphatic carbocycles. The molecule has 3 aromatic carbocycles. The van der Waals surface area contributed by atoms with Crippen LogP contribution in [0, 0.1) is 5.82 Å². The zero-order valence-electron chi connectivity index (χ0n) is 15.7. The Hall–Kier alpha value is -3.02. The second-order valence-corrected chi connectivity index (χ2v) is 7.23. The van der Waals surface area contributed by atoms with E-state index >= 15 is 0 Å². The first-order valence-corrected chi connectivity index (χ1v) is 9.54. The summed E-state index contributed by atoms with van der Waals surface area (Å²) in [6, 6.07) is 18.7. The SMILES string of the molecule is COc1ccc(C2=CC(c3cc(Cl)ccc3O)NC(c3cccc(F)c3)N2)cc1. The highest BCUT2D eigenvalue weighted by Gasteiger charge is 2.26. The van der Waals surface area contributed by atoms with Crippen molar-refractivity contribution in [2.45, 2.75) is 12.2 Å². The van der Waals surface area contributed by atoms with Crippen LogP contribution >= 0.6 is 11.6 Å². The van der Waals surface area contributed by atoms with Crippen molar-refractivity contribution in [3.05, 3.63) is 100 Å². The molecular formula is C23H20ClFN2O2. The number of methoxy groups -OCH3 is 1. The minimum atomic E-state index is -0.365. The zero-order valence-corrected chi connectivity index (χ0v) is 16.5. The van der Waals surface area contributed by atoms with E-state index in [4.69, 9.17) is 16.3 Å². The predicted molar refractivity (Wildman–Crippen MR) is 112 cm³/mol. The molecule has 2 unspecified atom stereocenters. The predicted octanol–water partition coefficient (Wildman–Crippen LogP) is 5.17. The number of rotatable bonds is 4. The Morgan fingerprint density at radius 3 is 2.55 bits per heavy atom. The van der Waals surface area contributed by atoms with Crippen molar-refractivity contribution in [3.63, 3.8) is 0 Å². The normalized spacial score (nSPS) is 18.7. The molecule has 3 N–H and O–H groups in total. The van der Waals surface area contributed by atoms with Crippen molar-refractivity contribution in [3.8, 4) is 11.5 Å². The number of hydrogen-bond acceptors (Lipinski definition) is 4. The lowest BCUT2D eigenvalue weighted by atomic mass is 9.98. The number of phenols is 1. The zero-order chi connectivity index (χ0) is 20.4. The summed E-state index contributed by atoms with van der Waals surface area (Å²) < 4.78 is 19.1. The van der Waals surface area contributed by atoms with Crippen molar-refractivity contribution < 1.29 is 14.2 Å². The van der Waals surface area contributed by atoms with Gasteiger partial charge >= 0.3 is 0 Å². The fraction of sp³-hybridized carbons (Fsp3) is 0.130. The molecule has 3 aromatic rings. The summed E-state index contributed by atoms with van der Waals surface area (Å²) in [7, 11) is 1.62. The Morgan fingerprint density at radius 1 is 1.03 bits per heavy atom. The topological polar surface area (TPSA) is 53.5 Å². The largest absolute Gasteiger partial charge is 0.508 e. The first-order valence-electron chi connectivity index (χ1n) is 9.16. The molecule has 1 aliphatic rings. The number of halogens is 2. The van der Waals surface area contributed by atoms with E-state index in [1.807, 2.05) is 36.4 Å². The Kier molecular flexibility index (Phi) is 5.43. The van der Waals surface area contributed by atoms with Gasteiger partial charge in [-0.15, -0.1) is 0 Å². The number of ether oxygens (including phenoxy) is 1. The molecule has 0 bridgehead atoms. The van der Waals surface area contributed by atoms with Gasteiger partial charge in [0, 0.05) is 16.3 Å². The summed E-state index contributed by atoms with van der Waals surface area (Å²) in [5, 5.41) is 17.7. The van der Waals surface area contributed by atoms with Gasteiger partial charge in [0.05, 0.1) is 13.2 Å². The molecule has 4 rings (SSSR count). The highest BCUT2D eigenvalue weighted by molar-refractivity contribution is 6.30. The Balaban J connectivity index is 1.76.